The van der Waals surface area contributed by atoms with Gasteiger partial charge in [-0.2, -0.15) is 0 Å². The molecule has 9 nitrogen and oxygen atoms in total. The van der Waals surface area contributed by atoms with Gasteiger partial charge in [0.05, 0.1) is 18.1 Å². The summed E-state index contributed by atoms with van der Waals surface area (Å²) < 4.78 is 25.2. The van der Waals surface area contributed by atoms with Crippen LogP contribution in [-0.4, -0.2) is 88.1 Å². The highest BCUT2D eigenvalue weighted by molar-refractivity contribution is 7.91. The maximum Gasteiger partial charge on any atom is 0.223 e. The number of carbonyl (C=O) groups is 1. The molecule has 4 rings (SSSR count). The molecule has 1 aromatic heterocycles. The van der Waals surface area contributed by atoms with E-state index in [9.17, 15) is 13.2 Å². The summed E-state index contributed by atoms with van der Waals surface area (Å²) in [6.45, 7) is 3.62. The first kappa shape index (κ1) is 19.8. The SMILES string of the molecule is O=C(CC1(Cn2cnnn2)CCCCC1)N1CCN([C@@H]2CCS(=O)(=O)C2)CC1. The number of sulfone groups is 1. The molecule has 1 amide bonds. The Morgan fingerprint density at radius 1 is 1.11 bits per heavy atom. The molecule has 1 atom stereocenters. The second-order valence-corrected chi connectivity index (χ2v) is 10.9. The van der Waals surface area contributed by atoms with Gasteiger partial charge in [0.2, 0.25) is 5.91 Å². The highest BCUT2D eigenvalue weighted by Gasteiger charge is 2.38. The van der Waals surface area contributed by atoms with Gasteiger partial charge in [0.25, 0.3) is 0 Å². The highest BCUT2D eigenvalue weighted by Crippen LogP contribution is 2.41. The lowest BCUT2D eigenvalue weighted by Crippen LogP contribution is -2.53. The molecule has 0 aromatic carbocycles. The van der Waals surface area contributed by atoms with Gasteiger partial charge >= 0.3 is 0 Å². The van der Waals surface area contributed by atoms with Gasteiger partial charge in [0.1, 0.15) is 6.33 Å². The highest BCUT2D eigenvalue weighted by atomic mass is 32.2. The number of rotatable bonds is 5. The van der Waals surface area contributed by atoms with Gasteiger partial charge in [-0.05, 0) is 35.1 Å². The van der Waals surface area contributed by atoms with Crippen molar-refractivity contribution in [1.82, 2.24) is 30.0 Å². The van der Waals surface area contributed by atoms with Crippen LogP contribution in [0.2, 0.25) is 0 Å². The molecule has 1 aliphatic carbocycles. The number of amides is 1. The van der Waals surface area contributed by atoms with Crippen LogP contribution in [-0.2, 0) is 21.2 Å². The fraction of sp³-hybridized carbons (Fsp3) is 0.889. The Morgan fingerprint density at radius 2 is 1.86 bits per heavy atom. The van der Waals surface area contributed by atoms with E-state index in [-0.39, 0.29) is 23.1 Å². The van der Waals surface area contributed by atoms with Crippen molar-refractivity contribution >= 4 is 15.7 Å². The van der Waals surface area contributed by atoms with Gasteiger partial charge in [0, 0.05) is 38.6 Å². The summed E-state index contributed by atoms with van der Waals surface area (Å²) in [5.74, 6) is 0.792. The summed E-state index contributed by atoms with van der Waals surface area (Å²) in [5.41, 5.74) is -0.0542. The van der Waals surface area contributed by atoms with Gasteiger partial charge in [0.15, 0.2) is 9.84 Å². The zero-order valence-electron chi connectivity index (χ0n) is 16.4. The fourth-order valence-electron chi connectivity index (χ4n) is 5.12. The van der Waals surface area contributed by atoms with Crippen LogP contribution in [0.1, 0.15) is 44.9 Å². The van der Waals surface area contributed by atoms with Crippen LogP contribution in [0.15, 0.2) is 6.33 Å². The predicted molar refractivity (Wildman–Crippen MR) is 103 cm³/mol. The summed E-state index contributed by atoms with van der Waals surface area (Å²) >= 11 is 0. The van der Waals surface area contributed by atoms with Crippen LogP contribution < -0.4 is 0 Å². The normalized spacial score (nSPS) is 27.7. The van der Waals surface area contributed by atoms with Crippen molar-refractivity contribution in [3.05, 3.63) is 6.33 Å². The number of nitrogens with zero attached hydrogens (tertiary/aromatic N) is 6. The summed E-state index contributed by atoms with van der Waals surface area (Å²) in [5, 5.41) is 11.5. The van der Waals surface area contributed by atoms with Crippen molar-refractivity contribution < 1.29 is 13.2 Å². The molecule has 3 heterocycles. The summed E-state index contributed by atoms with van der Waals surface area (Å²) in [7, 11) is -2.87. The molecule has 1 saturated carbocycles. The zero-order chi connectivity index (χ0) is 19.6. The Bertz CT molecular complexity index is 767. The first-order valence-corrected chi connectivity index (χ1v) is 12.2. The Hall–Kier alpha value is -1.55. The summed E-state index contributed by atoms with van der Waals surface area (Å²) in [4.78, 5) is 17.3. The number of piperazine rings is 1. The minimum atomic E-state index is -2.87. The van der Waals surface area contributed by atoms with Gasteiger partial charge in [-0.1, -0.05) is 19.3 Å². The Morgan fingerprint density at radius 3 is 2.46 bits per heavy atom. The number of hydrogen-bond acceptors (Lipinski definition) is 7. The van der Waals surface area contributed by atoms with Crippen LogP contribution in [0.5, 0.6) is 0 Å². The molecular weight excluding hydrogens is 380 g/mol. The average molecular weight is 411 g/mol. The van der Waals surface area contributed by atoms with Crippen LogP contribution >= 0.6 is 0 Å². The molecule has 0 bridgehead atoms. The minimum absolute atomic E-state index is 0.0542. The van der Waals surface area contributed by atoms with E-state index in [0.29, 0.717) is 31.8 Å². The summed E-state index contributed by atoms with van der Waals surface area (Å²) in [6.07, 6.45) is 8.52. The molecule has 0 spiro atoms. The van der Waals surface area contributed by atoms with Gasteiger partial charge < -0.3 is 4.90 Å². The van der Waals surface area contributed by atoms with Crippen LogP contribution in [0.4, 0.5) is 0 Å². The molecule has 0 radical (unpaired) electrons. The molecule has 10 heteroatoms. The molecule has 156 valence electrons. The van der Waals surface area contributed by atoms with Gasteiger partial charge in [-0.25, -0.2) is 13.1 Å². The van der Waals surface area contributed by atoms with Crippen molar-refractivity contribution in [2.24, 2.45) is 5.41 Å². The molecule has 2 aliphatic heterocycles. The largest absolute Gasteiger partial charge is 0.340 e. The minimum Gasteiger partial charge on any atom is -0.340 e. The van der Waals surface area contributed by atoms with Crippen molar-refractivity contribution in [1.29, 1.82) is 0 Å². The number of carbonyl (C=O) groups excluding carboxylic acids is 1. The fourth-order valence-corrected chi connectivity index (χ4v) is 6.88. The van der Waals surface area contributed by atoms with Gasteiger partial charge in [-0.3, -0.25) is 9.69 Å². The standard InChI is InChI=1S/C18H30N6O3S/c25-17(12-18(5-2-1-3-6-18)14-24-15-19-20-21-24)23-9-7-22(8-10-23)16-4-11-28(26,27)13-16/h15-16H,1-14H2/t16-/m1/s1. The third-order valence-electron chi connectivity index (χ3n) is 6.72. The second kappa shape index (κ2) is 8.06. The van der Waals surface area contributed by atoms with E-state index in [2.05, 4.69) is 20.4 Å². The molecule has 0 unspecified atom stereocenters. The average Bonchev–Trinajstić information content (AvgIpc) is 3.31. The quantitative estimate of drug-likeness (QED) is 0.690. The van der Waals surface area contributed by atoms with E-state index in [1.54, 1.807) is 11.0 Å². The lowest BCUT2D eigenvalue weighted by atomic mass is 9.71. The molecule has 28 heavy (non-hydrogen) atoms. The van der Waals surface area contributed by atoms with E-state index < -0.39 is 9.84 Å². The van der Waals surface area contributed by atoms with Crippen molar-refractivity contribution in [2.75, 3.05) is 37.7 Å². The van der Waals surface area contributed by atoms with Crippen LogP contribution in [0.25, 0.3) is 0 Å². The van der Waals surface area contributed by atoms with Crippen molar-refractivity contribution in [3.8, 4) is 0 Å². The second-order valence-electron chi connectivity index (χ2n) is 8.72. The first-order chi connectivity index (χ1) is 13.4. The van der Waals surface area contributed by atoms with Crippen LogP contribution in [0.3, 0.4) is 0 Å². The third kappa shape index (κ3) is 4.53. The Labute approximate surface area is 166 Å². The predicted octanol–water partition coefficient (Wildman–Crippen LogP) is 0.345. The molecule has 3 fully saturated rings. The molecule has 1 aromatic rings. The van der Waals surface area contributed by atoms with E-state index in [1.807, 2.05) is 4.90 Å². The van der Waals surface area contributed by atoms with Crippen molar-refractivity contribution in [3.63, 3.8) is 0 Å². The lowest BCUT2D eigenvalue weighted by Gasteiger charge is -2.41. The van der Waals surface area contributed by atoms with Crippen LogP contribution in [0, 0.1) is 5.41 Å². The Kier molecular flexibility index (Phi) is 5.69. The van der Waals surface area contributed by atoms with E-state index in [0.717, 1.165) is 45.2 Å². The van der Waals surface area contributed by atoms with E-state index >= 15 is 0 Å². The zero-order valence-corrected chi connectivity index (χ0v) is 17.2. The lowest BCUT2D eigenvalue weighted by molar-refractivity contribution is -0.136. The number of aromatic nitrogens is 4. The number of tetrazole rings is 1. The molecule has 3 aliphatic rings. The number of hydrogen-bond donors (Lipinski definition) is 0. The summed E-state index contributed by atoms with van der Waals surface area (Å²) in [6, 6.07) is 0.131. The maximum absolute atomic E-state index is 13.1. The van der Waals surface area contributed by atoms with Gasteiger partial charge in [-0.15, -0.1) is 5.10 Å². The first-order valence-electron chi connectivity index (χ1n) is 10.4. The van der Waals surface area contributed by atoms with E-state index in [4.69, 9.17) is 0 Å². The maximum atomic E-state index is 13.1. The smallest absolute Gasteiger partial charge is 0.223 e. The molecule has 0 N–H and O–H groups in total. The van der Waals surface area contributed by atoms with E-state index in [1.165, 1.54) is 6.42 Å². The topological polar surface area (TPSA) is 101 Å². The van der Waals surface area contributed by atoms with Crippen molar-refractivity contribution in [2.45, 2.75) is 57.5 Å². The molecular formula is C18H30N6O3S. The Balaban J connectivity index is 1.34. The monoisotopic (exact) mass is 410 g/mol. The third-order valence-corrected chi connectivity index (χ3v) is 8.47. The molecule has 2 saturated heterocycles.